The Hall–Kier alpha value is -3.02. The van der Waals surface area contributed by atoms with E-state index in [1.165, 1.54) is 7.11 Å². The van der Waals surface area contributed by atoms with Crippen LogP contribution in [0.2, 0.25) is 0 Å². The van der Waals surface area contributed by atoms with Crippen LogP contribution < -0.4 is 9.47 Å². The van der Waals surface area contributed by atoms with Gasteiger partial charge in [0.1, 0.15) is 30.5 Å². The molecule has 3 aromatic rings. The summed E-state index contributed by atoms with van der Waals surface area (Å²) in [5, 5.41) is 0. The van der Waals surface area contributed by atoms with Gasteiger partial charge in [-0.15, -0.1) is 0 Å². The molecule has 1 aromatic heterocycles. The molecule has 0 aliphatic heterocycles. The smallest absolute Gasteiger partial charge is 0.325 e. The van der Waals surface area contributed by atoms with Crippen molar-refractivity contribution in [2.75, 3.05) is 14.2 Å². The Morgan fingerprint density at radius 2 is 1.88 bits per heavy atom. The first kappa shape index (κ1) is 15.9. The molecule has 0 fully saturated rings. The minimum atomic E-state index is -0.333. The second kappa shape index (κ2) is 7.04. The van der Waals surface area contributed by atoms with Gasteiger partial charge in [0, 0.05) is 6.07 Å². The summed E-state index contributed by atoms with van der Waals surface area (Å²) in [4.78, 5) is 16.3. The maximum atomic E-state index is 11.7. The Labute approximate surface area is 139 Å². The average Bonchev–Trinajstić information content (AvgIpc) is 2.97. The summed E-state index contributed by atoms with van der Waals surface area (Å²) in [5.41, 5.74) is 1.68. The van der Waals surface area contributed by atoms with Crippen molar-refractivity contribution in [2.24, 2.45) is 0 Å². The van der Waals surface area contributed by atoms with Crippen molar-refractivity contribution in [2.45, 2.75) is 13.2 Å². The van der Waals surface area contributed by atoms with Gasteiger partial charge in [-0.1, -0.05) is 18.2 Å². The first-order valence-electron chi connectivity index (χ1n) is 7.49. The average molecular weight is 326 g/mol. The predicted molar refractivity (Wildman–Crippen MR) is 89.1 cm³/mol. The molecule has 1 heterocycles. The summed E-state index contributed by atoms with van der Waals surface area (Å²) in [6, 6.07) is 15.0. The van der Waals surface area contributed by atoms with Gasteiger partial charge >= 0.3 is 5.97 Å². The number of hydrogen-bond donors (Lipinski definition) is 0. The Bertz CT molecular complexity index is 857. The number of hydrogen-bond acceptors (Lipinski definition) is 5. The van der Waals surface area contributed by atoms with Crippen molar-refractivity contribution in [3.63, 3.8) is 0 Å². The number of imidazole rings is 1. The number of benzene rings is 2. The molecule has 0 saturated heterocycles. The fraction of sp³-hybridized carbons (Fsp3) is 0.222. The molecule has 3 rings (SSSR count). The molecule has 0 aliphatic rings. The lowest BCUT2D eigenvalue weighted by Gasteiger charge is -2.10. The maximum absolute atomic E-state index is 11.7. The van der Waals surface area contributed by atoms with E-state index in [0.717, 1.165) is 16.8 Å². The summed E-state index contributed by atoms with van der Waals surface area (Å²) < 4.78 is 17.6. The van der Waals surface area contributed by atoms with Gasteiger partial charge in [-0.05, 0) is 24.3 Å². The molecule has 124 valence electrons. The fourth-order valence-corrected chi connectivity index (χ4v) is 2.44. The number of nitrogens with zero attached hydrogens (tertiary/aromatic N) is 2. The number of rotatable bonds is 6. The Morgan fingerprint density at radius 3 is 2.67 bits per heavy atom. The van der Waals surface area contributed by atoms with Crippen LogP contribution in [0.5, 0.6) is 11.5 Å². The molecular formula is C18H18N2O4. The molecule has 0 radical (unpaired) electrons. The summed E-state index contributed by atoms with van der Waals surface area (Å²) in [6.45, 7) is 0.326. The summed E-state index contributed by atoms with van der Waals surface area (Å²) in [5.74, 6) is 1.71. The van der Waals surface area contributed by atoms with Crippen LogP contribution in [-0.4, -0.2) is 29.7 Å². The standard InChI is InChI=1S/C18H18N2O4/c1-22-13-6-5-7-14(10-13)24-12-17-19-15-8-3-4-9-16(15)20(17)11-18(21)23-2/h3-10H,11-12H2,1-2H3. The lowest BCUT2D eigenvalue weighted by molar-refractivity contribution is -0.141. The van der Waals surface area contributed by atoms with E-state index >= 15 is 0 Å². The lowest BCUT2D eigenvalue weighted by atomic mass is 10.3. The zero-order chi connectivity index (χ0) is 16.9. The number of methoxy groups -OCH3 is 2. The van der Waals surface area contributed by atoms with Crippen LogP contribution in [0, 0.1) is 0 Å². The van der Waals surface area contributed by atoms with Crippen molar-refractivity contribution in [3.8, 4) is 11.5 Å². The zero-order valence-electron chi connectivity index (χ0n) is 13.6. The predicted octanol–water partition coefficient (Wildman–Crippen LogP) is 2.80. The maximum Gasteiger partial charge on any atom is 0.325 e. The third kappa shape index (κ3) is 3.32. The molecule has 2 aromatic carbocycles. The Kier molecular flexibility index (Phi) is 4.65. The highest BCUT2D eigenvalue weighted by molar-refractivity contribution is 5.78. The normalized spacial score (nSPS) is 10.6. The van der Waals surface area contributed by atoms with Crippen molar-refractivity contribution >= 4 is 17.0 Å². The van der Waals surface area contributed by atoms with Crippen molar-refractivity contribution in [3.05, 3.63) is 54.4 Å². The molecule has 0 atom stereocenters. The third-order valence-electron chi connectivity index (χ3n) is 3.66. The molecule has 0 spiro atoms. The van der Waals surface area contributed by atoms with Gasteiger partial charge in [0.2, 0.25) is 0 Å². The molecule has 24 heavy (non-hydrogen) atoms. The van der Waals surface area contributed by atoms with E-state index in [2.05, 4.69) is 4.98 Å². The van der Waals surface area contributed by atoms with Gasteiger partial charge in [0.25, 0.3) is 0 Å². The molecule has 0 aliphatic carbocycles. The van der Waals surface area contributed by atoms with Gasteiger partial charge in [-0.25, -0.2) is 4.98 Å². The van der Waals surface area contributed by atoms with E-state index < -0.39 is 0 Å². The largest absolute Gasteiger partial charge is 0.497 e. The Balaban J connectivity index is 1.87. The van der Waals surface area contributed by atoms with E-state index in [1.54, 1.807) is 17.7 Å². The molecule has 0 saturated carbocycles. The van der Waals surface area contributed by atoms with E-state index in [0.29, 0.717) is 11.6 Å². The molecule has 0 N–H and O–H groups in total. The highest BCUT2D eigenvalue weighted by Gasteiger charge is 2.14. The summed E-state index contributed by atoms with van der Waals surface area (Å²) in [6.07, 6.45) is 0. The van der Waals surface area contributed by atoms with Crippen LogP contribution in [0.4, 0.5) is 0 Å². The first-order valence-corrected chi connectivity index (χ1v) is 7.49. The van der Waals surface area contributed by atoms with E-state index in [1.807, 2.05) is 42.5 Å². The Morgan fingerprint density at radius 1 is 1.08 bits per heavy atom. The molecular weight excluding hydrogens is 308 g/mol. The topological polar surface area (TPSA) is 62.6 Å². The molecule has 0 unspecified atom stereocenters. The second-order valence-electron chi connectivity index (χ2n) is 5.15. The number of ether oxygens (including phenoxy) is 3. The fourth-order valence-electron chi connectivity index (χ4n) is 2.44. The first-order chi connectivity index (χ1) is 11.7. The van der Waals surface area contributed by atoms with Gasteiger partial charge in [0.15, 0.2) is 0 Å². The monoisotopic (exact) mass is 326 g/mol. The number of aromatic nitrogens is 2. The van der Waals surface area contributed by atoms with Crippen molar-refractivity contribution < 1.29 is 19.0 Å². The van der Waals surface area contributed by atoms with Gasteiger partial charge in [0.05, 0.1) is 25.3 Å². The van der Waals surface area contributed by atoms with Crippen LogP contribution in [0.25, 0.3) is 11.0 Å². The molecule has 0 bridgehead atoms. The number of carbonyl (C=O) groups excluding carboxylic acids is 1. The van der Waals surface area contributed by atoms with E-state index in [9.17, 15) is 4.79 Å². The number of fused-ring (bicyclic) bond motifs is 1. The van der Waals surface area contributed by atoms with Crippen LogP contribution in [0.3, 0.4) is 0 Å². The van der Waals surface area contributed by atoms with Gasteiger partial charge in [-0.3, -0.25) is 4.79 Å². The van der Waals surface area contributed by atoms with Crippen LogP contribution in [-0.2, 0) is 22.7 Å². The number of esters is 1. The molecule has 6 nitrogen and oxygen atoms in total. The van der Waals surface area contributed by atoms with Crippen LogP contribution in [0.1, 0.15) is 5.82 Å². The van der Waals surface area contributed by atoms with E-state index in [-0.39, 0.29) is 19.1 Å². The lowest BCUT2D eigenvalue weighted by Crippen LogP contribution is -2.15. The van der Waals surface area contributed by atoms with Gasteiger partial charge in [-0.2, -0.15) is 0 Å². The molecule has 0 amide bonds. The summed E-state index contributed by atoms with van der Waals surface area (Å²) >= 11 is 0. The highest BCUT2D eigenvalue weighted by atomic mass is 16.5. The van der Waals surface area contributed by atoms with E-state index in [4.69, 9.17) is 14.2 Å². The second-order valence-corrected chi connectivity index (χ2v) is 5.15. The highest BCUT2D eigenvalue weighted by Crippen LogP contribution is 2.21. The SMILES string of the molecule is COC(=O)Cn1c(COc2cccc(OC)c2)nc2ccccc21. The molecule has 6 heteroatoms. The number of carbonyl (C=O) groups is 1. The summed E-state index contributed by atoms with van der Waals surface area (Å²) in [7, 11) is 2.97. The van der Waals surface area contributed by atoms with Crippen molar-refractivity contribution in [1.29, 1.82) is 0 Å². The van der Waals surface area contributed by atoms with Gasteiger partial charge < -0.3 is 18.8 Å². The minimum absolute atomic E-state index is 0.0911. The third-order valence-corrected chi connectivity index (χ3v) is 3.66. The number of para-hydroxylation sites is 2. The van der Waals surface area contributed by atoms with Crippen LogP contribution >= 0.6 is 0 Å². The quantitative estimate of drug-likeness (QED) is 0.652. The van der Waals surface area contributed by atoms with Crippen LogP contribution in [0.15, 0.2) is 48.5 Å². The minimum Gasteiger partial charge on any atom is -0.497 e. The zero-order valence-corrected chi connectivity index (χ0v) is 13.6. The van der Waals surface area contributed by atoms with Crippen molar-refractivity contribution in [1.82, 2.24) is 9.55 Å².